The van der Waals surface area contributed by atoms with Crippen molar-refractivity contribution in [2.45, 2.75) is 12.7 Å². The lowest BCUT2D eigenvalue weighted by molar-refractivity contribution is -0.139. The smallest absolute Gasteiger partial charge is 0.353 e. The van der Waals surface area contributed by atoms with Crippen LogP contribution in [0.5, 0.6) is 0 Å². The Hall–Kier alpha value is -2.09. The maximum atomic E-state index is 13.0. The molecule has 1 saturated heterocycles. The van der Waals surface area contributed by atoms with Crippen molar-refractivity contribution in [3.63, 3.8) is 0 Å². The second-order valence-electron chi connectivity index (χ2n) is 5.49. The average Bonchev–Trinajstić information content (AvgIpc) is 2.46. The highest BCUT2D eigenvalue weighted by molar-refractivity contribution is 5.86. The summed E-state index contributed by atoms with van der Waals surface area (Å²) in [6.45, 7) is 0.759. The van der Waals surface area contributed by atoms with Crippen molar-refractivity contribution in [1.29, 1.82) is 0 Å². The summed E-state index contributed by atoms with van der Waals surface area (Å²) in [5.74, 6) is -0.499. The first kappa shape index (κ1) is 17.3. The fourth-order valence-electron chi connectivity index (χ4n) is 2.46. The number of rotatable bonds is 4. The molecular weight excluding hydrogens is 311 g/mol. The highest BCUT2D eigenvalue weighted by Crippen LogP contribution is 2.32. The van der Waals surface area contributed by atoms with Gasteiger partial charge in [-0.1, -0.05) is 18.2 Å². The van der Waals surface area contributed by atoms with Gasteiger partial charge in [0.15, 0.2) is 0 Å². The number of carbonyl (C=O) groups excluding carboxylic acids is 2. The number of hydrogen-bond donors (Lipinski definition) is 1. The molecule has 0 saturated carbocycles. The largest absolute Gasteiger partial charge is 0.416 e. The van der Waals surface area contributed by atoms with E-state index in [1.807, 2.05) is 0 Å². The molecule has 0 radical (unpaired) electrons. The van der Waals surface area contributed by atoms with Gasteiger partial charge in [0.05, 0.1) is 18.7 Å². The molecule has 1 aliphatic heterocycles. The third kappa shape index (κ3) is 4.69. The molecule has 5 nitrogen and oxygen atoms in total. The van der Waals surface area contributed by atoms with Gasteiger partial charge in [0.2, 0.25) is 11.8 Å². The van der Waals surface area contributed by atoms with Crippen LogP contribution >= 0.6 is 0 Å². The summed E-state index contributed by atoms with van der Waals surface area (Å²) in [7, 11) is 1.58. The first-order valence-electron chi connectivity index (χ1n) is 7.15. The minimum atomic E-state index is -4.42. The number of hydrogen-bond acceptors (Lipinski definition) is 3. The topological polar surface area (TPSA) is 52.7 Å². The van der Waals surface area contributed by atoms with Crippen LogP contribution in [0.2, 0.25) is 0 Å². The van der Waals surface area contributed by atoms with Gasteiger partial charge < -0.3 is 10.2 Å². The van der Waals surface area contributed by atoms with E-state index >= 15 is 0 Å². The maximum absolute atomic E-state index is 13.0. The van der Waals surface area contributed by atoms with Crippen LogP contribution in [0.1, 0.15) is 11.1 Å². The molecule has 1 heterocycles. The monoisotopic (exact) mass is 329 g/mol. The molecule has 1 aromatic carbocycles. The van der Waals surface area contributed by atoms with Gasteiger partial charge in [0.25, 0.3) is 0 Å². The highest BCUT2D eigenvalue weighted by Gasteiger charge is 2.33. The molecule has 23 heavy (non-hydrogen) atoms. The Bertz CT molecular complexity index is 590. The normalized spacial score (nSPS) is 15.7. The third-order valence-corrected chi connectivity index (χ3v) is 3.56. The molecule has 8 heteroatoms. The Kier molecular flexibility index (Phi) is 5.25. The molecule has 1 fully saturated rings. The van der Waals surface area contributed by atoms with Crippen molar-refractivity contribution < 1.29 is 22.8 Å². The number of piperazine rings is 1. The maximum Gasteiger partial charge on any atom is 0.416 e. The summed E-state index contributed by atoms with van der Waals surface area (Å²) < 4.78 is 38.9. The summed E-state index contributed by atoms with van der Waals surface area (Å²) in [5.41, 5.74) is -0.580. The van der Waals surface area contributed by atoms with Crippen molar-refractivity contribution in [2.24, 2.45) is 0 Å². The molecule has 1 N–H and O–H groups in total. The van der Waals surface area contributed by atoms with Crippen LogP contribution in [0.25, 0.3) is 0 Å². The zero-order chi connectivity index (χ0) is 17.0. The van der Waals surface area contributed by atoms with Gasteiger partial charge >= 0.3 is 6.18 Å². The first-order valence-corrected chi connectivity index (χ1v) is 7.15. The number of alkyl halides is 3. The average molecular weight is 329 g/mol. The Morgan fingerprint density at radius 1 is 1.35 bits per heavy atom. The third-order valence-electron chi connectivity index (χ3n) is 3.56. The van der Waals surface area contributed by atoms with Crippen molar-refractivity contribution >= 4 is 11.8 Å². The molecule has 0 aromatic heterocycles. The minimum absolute atomic E-state index is 0.00145. The Morgan fingerprint density at radius 2 is 2.04 bits per heavy atom. The number of amides is 2. The molecule has 126 valence electrons. The molecular formula is C15H18F3N3O2. The molecule has 1 aliphatic rings. The van der Waals surface area contributed by atoms with Crippen molar-refractivity contribution in [1.82, 2.24) is 15.1 Å². The van der Waals surface area contributed by atoms with Crippen LogP contribution in [0.3, 0.4) is 0 Å². The number of carbonyl (C=O) groups is 2. The summed E-state index contributed by atoms with van der Waals surface area (Å²) in [6, 6.07) is 5.30. The standard InChI is InChI=1S/C15H18F3N3O2/c1-20(10-14(23)21-7-6-19-13(22)9-21)8-11-4-2-3-5-12(11)15(16,17)18/h2-5H,6-10H2,1H3,(H,19,22). The van der Waals surface area contributed by atoms with Crippen LogP contribution in [0.15, 0.2) is 24.3 Å². The lowest BCUT2D eigenvalue weighted by atomic mass is 10.1. The predicted molar refractivity (Wildman–Crippen MR) is 77.4 cm³/mol. The zero-order valence-electron chi connectivity index (χ0n) is 12.7. The van der Waals surface area contributed by atoms with E-state index in [0.717, 1.165) is 6.07 Å². The predicted octanol–water partition coefficient (Wildman–Crippen LogP) is 1.10. The van der Waals surface area contributed by atoms with Crippen molar-refractivity contribution in [3.05, 3.63) is 35.4 Å². The molecule has 1 aromatic rings. The SMILES string of the molecule is CN(CC(=O)N1CCNC(=O)C1)Cc1ccccc1C(F)(F)F. The molecule has 0 atom stereocenters. The summed E-state index contributed by atoms with van der Waals surface area (Å²) in [4.78, 5) is 26.3. The minimum Gasteiger partial charge on any atom is -0.353 e. The zero-order valence-corrected chi connectivity index (χ0v) is 12.7. The quantitative estimate of drug-likeness (QED) is 0.900. The van der Waals surface area contributed by atoms with E-state index in [9.17, 15) is 22.8 Å². The van der Waals surface area contributed by atoms with Gasteiger partial charge in [0, 0.05) is 19.6 Å². The number of likely N-dealkylation sites (N-methyl/N-ethyl adjacent to an activating group) is 1. The Morgan fingerprint density at radius 3 is 2.70 bits per heavy atom. The van der Waals surface area contributed by atoms with E-state index in [0.29, 0.717) is 13.1 Å². The number of nitrogens with zero attached hydrogens (tertiary/aromatic N) is 2. The molecule has 2 amide bonds. The second-order valence-corrected chi connectivity index (χ2v) is 5.49. The number of nitrogens with one attached hydrogen (secondary N) is 1. The van der Waals surface area contributed by atoms with Gasteiger partial charge in [-0.05, 0) is 18.7 Å². The van der Waals surface area contributed by atoms with Crippen molar-refractivity contribution in [2.75, 3.05) is 33.2 Å². The first-order chi connectivity index (χ1) is 10.8. The summed E-state index contributed by atoms with van der Waals surface area (Å²) in [6.07, 6.45) is -4.42. The molecule has 0 spiro atoms. The molecule has 0 aliphatic carbocycles. The van der Waals surface area contributed by atoms with Crippen LogP contribution in [-0.2, 0) is 22.3 Å². The second kappa shape index (κ2) is 6.99. The summed E-state index contributed by atoms with van der Waals surface area (Å²) >= 11 is 0. The molecule has 0 unspecified atom stereocenters. The van der Waals surface area contributed by atoms with Gasteiger partial charge in [-0.15, -0.1) is 0 Å². The fourth-order valence-corrected chi connectivity index (χ4v) is 2.46. The van der Waals surface area contributed by atoms with E-state index in [-0.39, 0.29) is 37.0 Å². The van der Waals surface area contributed by atoms with Crippen LogP contribution in [0, 0.1) is 0 Å². The fraction of sp³-hybridized carbons (Fsp3) is 0.467. The van der Waals surface area contributed by atoms with E-state index in [1.54, 1.807) is 7.05 Å². The van der Waals surface area contributed by atoms with E-state index < -0.39 is 11.7 Å². The van der Waals surface area contributed by atoms with Gasteiger partial charge in [-0.25, -0.2) is 0 Å². The van der Waals surface area contributed by atoms with E-state index in [4.69, 9.17) is 0 Å². The van der Waals surface area contributed by atoms with Gasteiger partial charge in [0.1, 0.15) is 0 Å². The lowest BCUT2D eigenvalue weighted by Crippen LogP contribution is -2.52. The number of benzene rings is 1. The van der Waals surface area contributed by atoms with Crippen LogP contribution in [-0.4, -0.2) is 54.8 Å². The van der Waals surface area contributed by atoms with Crippen LogP contribution in [0.4, 0.5) is 13.2 Å². The molecule has 0 bridgehead atoms. The number of halogens is 3. The molecule has 2 rings (SSSR count). The van der Waals surface area contributed by atoms with Crippen LogP contribution < -0.4 is 5.32 Å². The summed E-state index contributed by atoms with van der Waals surface area (Å²) in [5, 5.41) is 2.61. The highest BCUT2D eigenvalue weighted by atomic mass is 19.4. The van der Waals surface area contributed by atoms with E-state index in [1.165, 1.54) is 28.0 Å². The Labute approximate surface area is 132 Å². The Balaban J connectivity index is 1.98. The lowest BCUT2D eigenvalue weighted by Gasteiger charge is -2.28. The van der Waals surface area contributed by atoms with E-state index in [2.05, 4.69) is 5.32 Å². The van der Waals surface area contributed by atoms with Gasteiger partial charge in [-0.2, -0.15) is 13.2 Å². The van der Waals surface area contributed by atoms with Gasteiger partial charge in [-0.3, -0.25) is 14.5 Å². The van der Waals surface area contributed by atoms with Crippen molar-refractivity contribution in [3.8, 4) is 0 Å².